The number of hydrogen-bond donors (Lipinski definition) is 1. The Morgan fingerprint density at radius 1 is 1.09 bits per heavy atom. The Hall–Kier alpha value is -4.53. The first-order valence-electron chi connectivity index (χ1n) is 10.2. The summed E-state index contributed by atoms with van der Waals surface area (Å²) in [5.41, 5.74) is 2.99. The van der Waals surface area contributed by atoms with E-state index < -0.39 is 10.8 Å². The molecule has 0 bridgehead atoms. The molecule has 0 unspecified atom stereocenters. The molecule has 2 aromatic carbocycles. The molecule has 0 aliphatic carbocycles. The minimum atomic E-state index is -0.515. The lowest BCUT2D eigenvalue weighted by atomic mass is 10.2. The highest BCUT2D eigenvalue weighted by Crippen LogP contribution is 2.35. The van der Waals surface area contributed by atoms with Crippen LogP contribution in [0.3, 0.4) is 0 Å². The Morgan fingerprint density at radius 2 is 1.85 bits per heavy atom. The molecule has 166 valence electrons. The van der Waals surface area contributed by atoms with Crippen molar-refractivity contribution >= 4 is 11.6 Å². The van der Waals surface area contributed by atoms with Crippen LogP contribution in [0.5, 0.6) is 11.6 Å². The SMILES string of the molecule is Cc1ccc(-n2nc(C(=O)NCc3cccnc3)c(C)c2Oc2ccccc2[N+](=O)[O-])cc1. The Labute approximate surface area is 189 Å². The number of rotatable bonds is 7. The zero-order chi connectivity index (χ0) is 23.4. The number of carbonyl (C=O) groups excluding carboxylic acids is 1. The van der Waals surface area contributed by atoms with E-state index in [2.05, 4.69) is 15.4 Å². The van der Waals surface area contributed by atoms with Crippen molar-refractivity contribution in [2.75, 3.05) is 0 Å². The van der Waals surface area contributed by atoms with Crippen LogP contribution in [0.4, 0.5) is 5.69 Å². The van der Waals surface area contributed by atoms with Gasteiger partial charge in [-0.25, -0.2) is 0 Å². The fraction of sp³-hybridized carbons (Fsp3) is 0.125. The van der Waals surface area contributed by atoms with E-state index in [-0.39, 0.29) is 29.6 Å². The number of amides is 1. The average molecular weight is 443 g/mol. The van der Waals surface area contributed by atoms with Crippen molar-refractivity contribution in [2.45, 2.75) is 20.4 Å². The number of hydrogen-bond acceptors (Lipinski definition) is 6. The molecule has 2 heterocycles. The Morgan fingerprint density at radius 3 is 2.55 bits per heavy atom. The molecule has 4 aromatic rings. The molecule has 9 heteroatoms. The summed E-state index contributed by atoms with van der Waals surface area (Å²) < 4.78 is 7.46. The smallest absolute Gasteiger partial charge is 0.311 e. The van der Waals surface area contributed by atoms with Crippen LogP contribution in [0.25, 0.3) is 5.69 Å². The van der Waals surface area contributed by atoms with Crippen molar-refractivity contribution < 1.29 is 14.5 Å². The van der Waals surface area contributed by atoms with E-state index in [4.69, 9.17) is 4.74 Å². The molecule has 9 nitrogen and oxygen atoms in total. The lowest BCUT2D eigenvalue weighted by Crippen LogP contribution is -2.24. The highest BCUT2D eigenvalue weighted by Gasteiger charge is 2.25. The number of nitro benzene ring substituents is 1. The van der Waals surface area contributed by atoms with Crippen LogP contribution < -0.4 is 10.1 Å². The van der Waals surface area contributed by atoms with Crippen LogP contribution >= 0.6 is 0 Å². The number of nitro groups is 1. The van der Waals surface area contributed by atoms with Crippen LogP contribution in [0, 0.1) is 24.0 Å². The van der Waals surface area contributed by atoms with E-state index in [0.29, 0.717) is 11.3 Å². The van der Waals surface area contributed by atoms with Gasteiger partial charge in [-0.2, -0.15) is 9.78 Å². The fourth-order valence-electron chi connectivity index (χ4n) is 3.24. The molecule has 0 fully saturated rings. The number of nitrogens with zero attached hydrogens (tertiary/aromatic N) is 4. The molecule has 0 saturated carbocycles. The zero-order valence-electron chi connectivity index (χ0n) is 18.1. The van der Waals surface area contributed by atoms with Crippen molar-refractivity contribution in [3.05, 3.63) is 106 Å². The summed E-state index contributed by atoms with van der Waals surface area (Å²) in [5.74, 6) is -0.115. The first-order valence-corrected chi connectivity index (χ1v) is 10.2. The molecule has 0 aliphatic heterocycles. The molecule has 33 heavy (non-hydrogen) atoms. The van der Waals surface area contributed by atoms with Gasteiger partial charge in [0.2, 0.25) is 11.6 Å². The van der Waals surface area contributed by atoms with Crippen LogP contribution in [0.1, 0.15) is 27.2 Å². The highest BCUT2D eigenvalue weighted by molar-refractivity contribution is 5.94. The molecule has 0 saturated heterocycles. The molecular weight excluding hydrogens is 422 g/mol. The van der Waals surface area contributed by atoms with Gasteiger partial charge in [0.05, 0.1) is 10.6 Å². The van der Waals surface area contributed by atoms with E-state index in [9.17, 15) is 14.9 Å². The number of ether oxygens (including phenoxy) is 1. The summed E-state index contributed by atoms with van der Waals surface area (Å²) in [6, 6.07) is 17.2. The molecule has 1 N–H and O–H groups in total. The van der Waals surface area contributed by atoms with E-state index >= 15 is 0 Å². The predicted molar refractivity (Wildman–Crippen MR) is 122 cm³/mol. The molecule has 0 aliphatic rings. The van der Waals surface area contributed by atoms with E-state index in [1.807, 2.05) is 37.3 Å². The van der Waals surface area contributed by atoms with Crippen LogP contribution in [0.2, 0.25) is 0 Å². The summed E-state index contributed by atoms with van der Waals surface area (Å²) in [7, 11) is 0. The Balaban J connectivity index is 1.73. The van der Waals surface area contributed by atoms with Gasteiger partial charge in [0.15, 0.2) is 5.69 Å². The van der Waals surface area contributed by atoms with Gasteiger partial charge < -0.3 is 10.1 Å². The van der Waals surface area contributed by atoms with Gasteiger partial charge in [0, 0.05) is 30.6 Å². The van der Waals surface area contributed by atoms with Crippen LogP contribution in [-0.2, 0) is 6.54 Å². The number of aryl methyl sites for hydroxylation is 1. The zero-order valence-corrected chi connectivity index (χ0v) is 18.1. The standard InChI is InChI=1S/C24H21N5O4/c1-16-9-11-19(12-10-16)28-24(33-21-8-4-3-7-20(21)29(31)32)17(2)22(27-28)23(30)26-15-18-6-5-13-25-14-18/h3-14H,15H2,1-2H3,(H,26,30). The topological polar surface area (TPSA) is 112 Å². The molecule has 1 amide bonds. The van der Waals surface area contributed by atoms with Gasteiger partial charge in [-0.1, -0.05) is 35.9 Å². The van der Waals surface area contributed by atoms with Gasteiger partial charge in [-0.15, -0.1) is 0 Å². The predicted octanol–water partition coefficient (Wildman–Crippen LogP) is 4.51. The molecule has 0 radical (unpaired) electrons. The number of pyridine rings is 1. The second kappa shape index (κ2) is 9.31. The highest BCUT2D eigenvalue weighted by atomic mass is 16.6. The maximum Gasteiger partial charge on any atom is 0.311 e. The lowest BCUT2D eigenvalue weighted by Gasteiger charge is -2.10. The molecule has 2 aromatic heterocycles. The number of nitrogens with one attached hydrogen (secondary N) is 1. The van der Waals surface area contributed by atoms with Crippen molar-refractivity contribution in [1.82, 2.24) is 20.1 Å². The van der Waals surface area contributed by atoms with Gasteiger partial charge in [0.1, 0.15) is 0 Å². The monoisotopic (exact) mass is 443 g/mol. The average Bonchev–Trinajstić information content (AvgIpc) is 3.15. The number of benzene rings is 2. The van der Waals surface area contributed by atoms with Crippen molar-refractivity contribution in [2.24, 2.45) is 0 Å². The van der Waals surface area contributed by atoms with Gasteiger partial charge in [0.25, 0.3) is 5.91 Å². The first kappa shape index (κ1) is 21.7. The maximum absolute atomic E-state index is 12.9. The molecular formula is C24H21N5O4. The Bertz CT molecular complexity index is 1300. The molecule has 0 spiro atoms. The van der Waals surface area contributed by atoms with Gasteiger partial charge in [-0.05, 0) is 43.7 Å². The maximum atomic E-state index is 12.9. The quantitative estimate of drug-likeness (QED) is 0.332. The van der Waals surface area contributed by atoms with E-state index in [0.717, 1.165) is 11.1 Å². The van der Waals surface area contributed by atoms with Crippen LogP contribution in [0.15, 0.2) is 73.1 Å². The van der Waals surface area contributed by atoms with Crippen LogP contribution in [-0.4, -0.2) is 25.6 Å². The number of carbonyl (C=O) groups is 1. The summed E-state index contributed by atoms with van der Waals surface area (Å²) >= 11 is 0. The Kier molecular flexibility index (Phi) is 6.12. The van der Waals surface area contributed by atoms with Crippen molar-refractivity contribution in [3.8, 4) is 17.3 Å². The van der Waals surface area contributed by atoms with E-state index in [1.165, 1.54) is 16.8 Å². The molecule has 4 rings (SSSR count). The normalized spacial score (nSPS) is 10.6. The third-order valence-corrected chi connectivity index (χ3v) is 5.01. The summed E-state index contributed by atoms with van der Waals surface area (Å²) in [5, 5.41) is 18.8. The number of aromatic nitrogens is 3. The third kappa shape index (κ3) is 4.72. The van der Waals surface area contributed by atoms with E-state index in [1.54, 1.807) is 37.5 Å². The minimum Gasteiger partial charge on any atom is -0.431 e. The van der Waals surface area contributed by atoms with Gasteiger partial charge >= 0.3 is 5.69 Å². The molecule has 0 atom stereocenters. The third-order valence-electron chi connectivity index (χ3n) is 5.01. The second-order valence-corrected chi connectivity index (χ2v) is 7.40. The summed E-state index contributed by atoms with van der Waals surface area (Å²) in [6.07, 6.45) is 3.33. The fourth-order valence-corrected chi connectivity index (χ4v) is 3.24. The summed E-state index contributed by atoms with van der Waals surface area (Å²) in [4.78, 5) is 27.9. The summed E-state index contributed by atoms with van der Waals surface area (Å²) in [6.45, 7) is 3.94. The van der Waals surface area contributed by atoms with Crippen molar-refractivity contribution in [3.63, 3.8) is 0 Å². The minimum absolute atomic E-state index is 0.0566. The van der Waals surface area contributed by atoms with Gasteiger partial charge in [-0.3, -0.25) is 19.9 Å². The number of para-hydroxylation sites is 2. The van der Waals surface area contributed by atoms with Crippen molar-refractivity contribution in [1.29, 1.82) is 0 Å². The largest absolute Gasteiger partial charge is 0.431 e. The first-order chi connectivity index (χ1) is 15.9. The second-order valence-electron chi connectivity index (χ2n) is 7.40. The lowest BCUT2D eigenvalue weighted by molar-refractivity contribution is -0.385.